The number of rotatable bonds is 9. The highest BCUT2D eigenvalue weighted by atomic mass is 16.5. The minimum atomic E-state index is -0.385. The van der Waals surface area contributed by atoms with Gasteiger partial charge in [-0.3, -0.25) is 10.1 Å². The van der Waals surface area contributed by atoms with Crippen molar-refractivity contribution in [3.05, 3.63) is 35.5 Å². The van der Waals surface area contributed by atoms with Crippen molar-refractivity contribution in [2.45, 2.75) is 25.7 Å². The highest BCUT2D eigenvalue weighted by molar-refractivity contribution is 6.07. The van der Waals surface area contributed by atoms with Crippen LogP contribution in [0.25, 0.3) is 0 Å². The number of hydrogen-bond acceptors (Lipinski definition) is 6. The minimum absolute atomic E-state index is 0.213. The number of carbonyl (C=O) groups is 1. The summed E-state index contributed by atoms with van der Waals surface area (Å²) < 4.78 is 20.8. The molecule has 7 nitrogen and oxygen atoms in total. The van der Waals surface area contributed by atoms with Crippen molar-refractivity contribution in [3.8, 4) is 11.5 Å². The fraction of sp³-hybridized carbons (Fsp3) is 0.444. The standard InChI is InChI=1S/C18H24N2O5/c1-12(7-6-10-22-2)13-11-16(25-20-13)19-18(21)17-14(23-3)8-5-9-15(17)24-4/h5,8-9,11-12H,6-7,10H2,1-4H3,(H,19,21). The molecular weight excluding hydrogens is 324 g/mol. The van der Waals surface area contributed by atoms with Crippen molar-refractivity contribution in [3.63, 3.8) is 0 Å². The Hall–Kier alpha value is -2.54. The number of ether oxygens (including phenoxy) is 3. The van der Waals surface area contributed by atoms with E-state index >= 15 is 0 Å². The van der Waals surface area contributed by atoms with E-state index in [1.54, 1.807) is 31.4 Å². The molecular formula is C18H24N2O5. The number of aromatic nitrogens is 1. The number of anilines is 1. The van der Waals surface area contributed by atoms with Gasteiger partial charge in [0.25, 0.3) is 5.91 Å². The van der Waals surface area contributed by atoms with E-state index in [1.807, 2.05) is 0 Å². The average Bonchev–Trinajstić information content (AvgIpc) is 3.09. The Bertz CT molecular complexity index is 676. The van der Waals surface area contributed by atoms with E-state index in [-0.39, 0.29) is 17.7 Å². The van der Waals surface area contributed by atoms with Crippen LogP contribution in [0.4, 0.5) is 5.88 Å². The summed E-state index contributed by atoms with van der Waals surface area (Å²) in [4.78, 5) is 12.6. The van der Waals surface area contributed by atoms with Crippen molar-refractivity contribution in [2.24, 2.45) is 0 Å². The molecule has 0 bridgehead atoms. The monoisotopic (exact) mass is 348 g/mol. The van der Waals surface area contributed by atoms with Gasteiger partial charge in [-0.2, -0.15) is 0 Å². The maximum absolute atomic E-state index is 12.6. The normalized spacial score (nSPS) is 11.8. The van der Waals surface area contributed by atoms with E-state index in [4.69, 9.17) is 18.7 Å². The van der Waals surface area contributed by atoms with Gasteiger partial charge in [-0.15, -0.1) is 0 Å². The number of carbonyl (C=O) groups excluding carboxylic acids is 1. The van der Waals surface area contributed by atoms with E-state index < -0.39 is 0 Å². The summed E-state index contributed by atoms with van der Waals surface area (Å²) in [7, 11) is 4.68. The largest absolute Gasteiger partial charge is 0.496 e. The zero-order chi connectivity index (χ0) is 18.2. The third-order valence-electron chi connectivity index (χ3n) is 3.91. The van der Waals surface area contributed by atoms with Gasteiger partial charge in [0.1, 0.15) is 17.1 Å². The van der Waals surface area contributed by atoms with Crippen LogP contribution in [0.5, 0.6) is 11.5 Å². The van der Waals surface area contributed by atoms with Gasteiger partial charge in [0.05, 0.1) is 19.9 Å². The van der Waals surface area contributed by atoms with Crippen LogP contribution in [0.2, 0.25) is 0 Å². The lowest BCUT2D eigenvalue weighted by atomic mass is 10.0. The molecule has 1 N–H and O–H groups in total. The average molecular weight is 348 g/mol. The van der Waals surface area contributed by atoms with Gasteiger partial charge in [0.15, 0.2) is 0 Å². The second kappa shape index (κ2) is 9.08. The van der Waals surface area contributed by atoms with Crippen LogP contribution in [0.3, 0.4) is 0 Å². The van der Waals surface area contributed by atoms with Gasteiger partial charge in [-0.1, -0.05) is 18.1 Å². The van der Waals surface area contributed by atoms with Gasteiger partial charge in [-0.05, 0) is 25.0 Å². The molecule has 136 valence electrons. The number of benzene rings is 1. The SMILES string of the molecule is COCCCC(C)c1cc(NC(=O)c2c(OC)cccc2OC)on1. The molecule has 1 heterocycles. The Morgan fingerprint density at radius 2 is 1.92 bits per heavy atom. The summed E-state index contributed by atoms with van der Waals surface area (Å²) in [5.41, 5.74) is 1.09. The van der Waals surface area contributed by atoms with Gasteiger partial charge < -0.3 is 18.7 Å². The molecule has 1 aromatic heterocycles. The van der Waals surface area contributed by atoms with Crippen LogP contribution in [0.15, 0.2) is 28.8 Å². The maximum Gasteiger partial charge on any atom is 0.265 e. The molecule has 2 aromatic rings. The third-order valence-corrected chi connectivity index (χ3v) is 3.91. The van der Waals surface area contributed by atoms with Crippen LogP contribution in [0.1, 0.15) is 41.7 Å². The second-order valence-corrected chi connectivity index (χ2v) is 5.64. The van der Waals surface area contributed by atoms with Gasteiger partial charge in [0, 0.05) is 25.7 Å². The predicted molar refractivity (Wildman–Crippen MR) is 93.5 cm³/mol. The molecule has 0 saturated carbocycles. The minimum Gasteiger partial charge on any atom is -0.496 e. The van der Waals surface area contributed by atoms with E-state index in [0.29, 0.717) is 23.7 Å². The summed E-state index contributed by atoms with van der Waals surface area (Å²) in [6.07, 6.45) is 1.86. The van der Waals surface area contributed by atoms with E-state index in [9.17, 15) is 4.79 Å². The summed E-state index contributed by atoms with van der Waals surface area (Å²) in [5.74, 6) is 0.954. The Morgan fingerprint density at radius 3 is 2.52 bits per heavy atom. The maximum atomic E-state index is 12.6. The van der Waals surface area contributed by atoms with E-state index in [1.165, 1.54) is 14.2 Å². The topological polar surface area (TPSA) is 82.8 Å². The van der Waals surface area contributed by atoms with Crippen molar-refractivity contribution >= 4 is 11.8 Å². The number of nitrogens with zero attached hydrogens (tertiary/aromatic N) is 1. The first-order valence-corrected chi connectivity index (χ1v) is 8.08. The molecule has 1 amide bonds. The van der Waals surface area contributed by atoms with Gasteiger partial charge in [0.2, 0.25) is 5.88 Å². The van der Waals surface area contributed by atoms with Crippen LogP contribution in [-0.2, 0) is 4.74 Å². The fourth-order valence-electron chi connectivity index (χ4n) is 2.51. The third kappa shape index (κ3) is 4.73. The lowest BCUT2D eigenvalue weighted by Gasteiger charge is -2.11. The smallest absolute Gasteiger partial charge is 0.265 e. The lowest BCUT2D eigenvalue weighted by molar-refractivity contribution is 0.101. The molecule has 0 aliphatic heterocycles. The Balaban J connectivity index is 2.09. The molecule has 1 unspecified atom stereocenters. The highest BCUT2D eigenvalue weighted by Crippen LogP contribution is 2.29. The van der Waals surface area contributed by atoms with Crippen LogP contribution in [-0.4, -0.2) is 39.0 Å². The molecule has 0 spiro atoms. The molecule has 25 heavy (non-hydrogen) atoms. The Labute approximate surface area is 147 Å². The molecule has 1 atom stereocenters. The van der Waals surface area contributed by atoms with Crippen LogP contribution < -0.4 is 14.8 Å². The van der Waals surface area contributed by atoms with Crippen molar-refractivity contribution in [1.82, 2.24) is 5.16 Å². The summed E-state index contributed by atoms with van der Waals surface area (Å²) in [6.45, 7) is 2.77. The number of amides is 1. The number of nitrogens with one attached hydrogen (secondary N) is 1. The van der Waals surface area contributed by atoms with E-state index in [0.717, 1.165) is 18.5 Å². The zero-order valence-electron chi connectivity index (χ0n) is 15.0. The summed E-state index contributed by atoms with van der Waals surface area (Å²) >= 11 is 0. The fourth-order valence-corrected chi connectivity index (χ4v) is 2.51. The first-order chi connectivity index (χ1) is 12.1. The van der Waals surface area contributed by atoms with Crippen LogP contribution >= 0.6 is 0 Å². The number of hydrogen-bond donors (Lipinski definition) is 1. The molecule has 0 aliphatic rings. The first-order valence-electron chi connectivity index (χ1n) is 8.08. The predicted octanol–water partition coefficient (Wildman–Crippen LogP) is 3.47. The molecule has 0 aliphatic carbocycles. The van der Waals surface area contributed by atoms with Crippen molar-refractivity contribution in [1.29, 1.82) is 0 Å². The summed E-state index contributed by atoms with van der Waals surface area (Å²) in [5, 5.41) is 6.73. The molecule has 0 radical (unpaired) electrons. The zero-order valence-corrected chi connectivity index (χ0v) is 15.0. The van der Waals surface area contributed by atoms with Crippen molar-refractivity contribution in [2.75, 3.05) is 33.3 Å². The highest BCUT2D eigenvalue weighted by Gasteiger charge is 2.20. The number of methoxy groups -OCH3 is 3. The Morgan fingerprint density at radius 1 is 1.24 bits per heavy atom. The van der Waals surface area contributed by atoms with Crippen LogP contribution in [0, 0.1) is 0 Å². The van der Waals surface area contributed by atoms with Gasteiger partial charge >= 0.3 is 0 Å². The lowest BCUT2D eigenvalue weighted by Crippen LogP contribution is -2.14. The Kier molecular flexibility index (Phi) is 6.82. The molecule has 0 saturated heterocycles. The van der Waals surface area contributed by atoms with Gasteiger partial charge in [-0.25, -0.2) is 0 Å². The first kappa shape index (κ1) is 18.8. The second-order valence-electron chi connectivity index (χ2n) is 5.64. The molecule has 7 heteroatoms. The van der Waals surface area contributed by atoms with Crippen molar-refractivity contribution < 1.29 is 23.5 Å². The molecule has 1 aromatic carbocycles. The summed E-state index contributed by atoms with van der Waals surface area (Å²) in [6, 6.07) is 6.88. The molecule has 0 fully saturated rings. The quantitative estimate of drug-likeness (QED) is 0.699. The molecule has 2 rings (SSSR count). The van der Waals surface area contributed by atoms with E-state index in [2.05, 4.69) is 17.4 Å².